The number of sulfonamides is 1. The largest absolute Gasteiger partial charge is 0.444 e. The lowest BCUT2D eigenvalue weighted by molar-refractivity contribution is -0.132. The van der Waals surface area contributed by atoms with Gasteiger partial charge in [-0.1, -0.05) is 12.1 Å². The van der Waals surface area contributed by atoms with E-state index in [-0.39, 0.29) is 24.3 Å². The van der Waals surface area contributed by atoms with Crippen LogP contribution < -0.4 is 16.0 Å². The first-order valence-electron chi connectivity index (χ1n) is 13.1. The lowest BCUT2D eigenvalue weighted by Gasteiger charge is -2.36. The summed E-state index contributed by atoms with van der Waals surface area (Å²) in [5.74, 6) is -0.998. The molecule has 1 saturated carbocycles. The van der Waals surface area contributed by atoms with Gasteiger partial charge in [-0.05, 0) is 63.6 Å². The summed E-state index contributed by atoms with van der Waals surface area (Å²) in [5, 5.41) is 2.80. The fourth-order valence-corrected chi connectivity index (χ4v) is 6.57. The predicted octanol–water partition coefficient (Wildman–Crippen LogP) is 1.07. The van der Waals surface area contributed by atoms with E-state index in [1.807, 2.05) is 24.3 Å². The maximum Gasteiger partial charge on any atom is 0.411 e. The number of benzene rings is 1. The summed E-state index contributed by atoms with van der Waals surface area (Å²) in [4.78, 5) is 42.2. The predicted molar refractivity (Wildman–Crippen MR) is 143 cm³/mol. The third kappa shape index (κ3) is 6.40. The molecule has 2 aliphatic heterocycles. The van der Waals surface area contributed by atoms with Gasteiger partial charge in [0.15, 0.2) is 0 Å². The van der Waals surface area contributed by atoms with Gasteiger partial charge in [-0.3, -0.25) is 14.5 Å². The maximum absolute atomic E-state index is 13.4. The third-order valence-electron chi connectivity index (χ3n) is 7.57. The van der Waals surface area contributed by atoms with Gasteiger partial charge in [0, 0.05) is 44.3 Å². The van der Waals surface area contributed by atoms with E-state index in [2.05, 4.69) is 10.2 Å². The van der Waals surface area contributed by atoms with Crippen molar-refractivity contribution in [1.29, 1.82) is 0 Å². The summed E-state index contributed by atoms with van der Waals surface area (Å²) in [5.41, 5.74) is 6.76. The van der Waals surface area contributed by atoms with Crippen LogP contribution in [-0.2, 0) is 30.8 Å². The highest BCUT2D eigenvalue weighted by atomic mass is 32.2. The number of carbonyl (C=O) groups excluding carboxylic acids is 3. The number of anilines is 1. The number of rotatable bonds is 7. The van der Waals surface area contributed by atoms with Gasteiger partial charge in [0.1, 0.15) is 17.7 Å². The van der Waals surface area contributed by atoms with Crippen molar-refractivity contribution in [3.63, 3.8) is 0 Å². The van der Waals surface area contributed by atoms with Crippen LogP contribution in [0.4, 0.5) is 10.5 Å². The van der Waals surface area contributed by atoms with Crippen LogP contribution in [0.5, 0.6) is 0 Å². The van der Waals surface area contributed by atoms with E-state index in [1.165, 1.54) is 10.6 Å². The van der Waals surface area contributed by atoms with Crippen molar-refractivity contribution < 1.29 is 27.5 Å². The minimum absolute atomic E-state index is 0.0310. The van der Waals surface area contributed by atoms with Gasteiger partial charge >= 0.3 is 6.09 Å². The second-order valence-electron chi connectivity index (χ2n) is 11.5. The minimum Gasteiger partial charge on any atom is -0.444 e. The summed E-state index contributed by atoms with van der Waals surface area (Å²) in [6, 6.07) is 5.96. The quantitative estimate of drug-likeness (QED) is 0.518. The molecule has 3 amide bonds. The Labute approximate surface area is 224 Å². The number of nitrogens with one attached hydrogen (secondary N) is 1. The molecule has 2 saturated heterocycles. The number of nitrogens with two attached hydrogens (primary N) is 1. The number of hydrogen-bond donors (Lipinski definition) is 2. The first-order chi connectivity index (χ1) is 17.7. The van der Waals surface area contributed by atoms with Gasteiger partial charge in [-0.15, -0.1) is 0 Å². The molecular weight excluding hydrogens is 510 g/mol. The molecule has 1 aromatic carbocycles. The Kier molecular flexibility index (Phi) is 7.94. The van der Waals surface area contributed by atoms with Gasteiger partial charge in [-0.2, -0.15) is 4.31 Å². The molecule has 0 spiro atoms. The lowest BCUT2D eigenvalue weighted by atomic mass is 9.97. The Morgan fingerprint density at radius 1 is 1.08 bits per heavy atom. The van der Waals surface area contributed by atoms with Crippen molar-refractivity contribution in [2.75, 3.05) is 37.3 Å². The molecule has 3 fully saturated rings. The first kappa shape index (κ1) is 28.2. The molecule has 0 aromatic heterocycles. The number of fused-ring (bicyclic) bond motifs is 2. The van der Waals surface area contributed by atoms with Crippen molar-refractivity contribution in [3.05, 3.63) is 29.8 Å². The van der Waals surface area contributed by atoms with Gasteiger partial charge < -0.3 is 20.7 Å². The van der Waals surface area contributed by atoms with Crippen LogP contribution in [0.3, 0.4) is 0 Å². The number of ether oxygens (including phenoxy) is 1. The van der Waals surface area contributed by atoms with Crippen LogP contribution >= 0.6 is 0 Å². The van der Waals surface area contributed by atoms with Crippen LogP contribution in [0.25, 0.3) is 0 Å². The fraction of sp³-hybridized carbons (Fsp3) is 0.654. The monoisotopic (exact) mass is 549 g/mol. The van der Waals surface area contributed by atoms with Crippen LogP contribution in [0.15, 0.2) is 24.3 Å². The average Bonchev–Trinajstić information content (AvgIpc) is 3.44. The van der Waals surface area contributed by atoms with Crippen LogP contribution in [-0.4, -0.2) is 91.7 Å². The Hall–Kier alpha value is -2.86. The molecule has 2 bridgehead atoms. The molecule has 4 atom stereocenters. The normalized spacial score (nSPS) is 24.8. The molecule has 11 nitrogen and oxygen atoms in total. The third-order valence-corrected chi connectivity index (χ3v) is 8.87. The van der Waals surface area contributed by atoms with Crippen molar-refractivity contribution in [3.8, 4) is 0 Å². The van der Waals surface area contributed by atoms with E-state index in [9.17, 15) is 22.8 Å². The number of piperidine rings is 1. The highest BCUT2D eigenvalue weighted by molar-refractivity contribution is 7.88. The summed E-state index contributed by atoms with van der Waals surface area (Å²) in [7, 11) is -3.20. The maximum atomic E-state index is 13.4. The topological polar surface area (TPSA) is 142 Å². The molecule has 1 aromatic rings. The number of primary amides is 1. The van der Waals surface area contributed by atoms with Gasteiger partial charge in [0.2, 0.25) is 21.8 Å². The zero-order chi connectivity index (χ0) is 27.8. The summed E-state index contributed by atoms with van der Waals surface area (Å²) in [6.07, 6.45) is 3.37. The first-order valence-corrected chi connectivity index (χ1v) is 15.0. The van der Waals surface area contributed by atoms with E-state index >= 15 is 0 Å². The van der Waals surface area contributed by atoms with E-state index in [4.69, 9.17) is 10.5 Å². The summed E-state index contributed by atoms with van der Waals surface area (Å²) in [6.45, 7) is 7.41. The molecule has 3 N–H and O–H groups in total. The van der Waals surface area contributed by atoms with Crippen LogP contribution in [0, 0.1) is 5.92 Å². The Morgan fingerprint density at radius 3 is 2.26 bits per heavy atom. The smallest absolute Gasteiger partial charge is 0.411 e. The lowest BCUT2D eigenvalue weighted by Crippen LogP contribution is -2.57. The highest BCUT2D eigenvalue weighted by Gasteiger charge is 2.52. The number of piperazine rings is 1. The van der Waals surface area contributed by atoms with Crippen LogP contribution in [0.1, 0.15) is 45.6 Å². The second kappa shape index (κ2) is 10.7. The van der Waals surface area contributed by atoms with E-state index in [0.29, 0.717) is 26.2 Å². The molecule has 12 heteroatoms. The summed E-state index contributed by atoms with van der Waals surface area (Å²) >= 11 is 0. The van der Waals surface area contributed by atoms with Crippen molar-refractivity contribution in [2.24, 2.45) is 11.7 Å². The number of hydrogen-bond acceptors (Lipinski definition) is 7. The molecule has 0 unspecified atom stereocenters. The molecule has 3 aliphatic rings. The van der Waals surface area contributed by atoms with Gasteiger partial charge in [0.05, 0.1) is 6.26 Å². The SMILES string of the molecule is CC(C)(C)OC(=O)N1[C@@H]2CC[C@@H](C2)[C@H]1C(=O)N[C@@H](Cc1ccc(N2CCN(S(C)(=O)=O)CC2)cc1)C(N)=O. The highest BCUT2D eigenvalue weighted by Crippen LogP contribution is 2.43. The molecule has 1 aliphatic carbocycles. The molecular formula is C26H39N5O6S. The molecule has 210 valence electrons. The zero-order valence-electron chi connectivity index (χ0n) is 22.6. The molecule has 2 heterocycles. The van der Waals surface area contributed by atoms with Crippen LogP contribution in [0.2, 0.25) is 0 Å². The van der Waals surface area contributed by atoms with E-state index < -0.39 is 39.7 Å². The van der Waals surface area contributed by atoms with E-state index in [0.717, 1.165) is 30.5 Å². The average molecular weight is 550 g/mol. The summed E-state index contributed by atoms with van der Waals surface area (Å²) < 4.78 is 30.5. The van der Waals surface area contributed by atoms with Crippen molar-refractivity contribution in [1.82, 2.24) is 14.5 Å². The minimum atomic E-state index is -3.20. The molecule has 4 rings (SSSR count). The van der Waals surface area contributed by atoms with E-state index in [1.54, 1.807) is 25.7 Å². The zero-order valence-corrected chi connectivity index (χ0v) is 23.4. The Balaban J connectivity index is 1.39. The Morgan fingerprint density at radius 2 is 1.71 bits per heavy atom. The van der Waals surface area contributed by atoms with Crippen molar-refractivity contribution in [2.45, 2.75) is 70.2 Å². The molecule has 0 radical (unpaired) electrons. The Bertz CT molecular complexity index is 1160. The number of likely N-dealkylation sites (tertiary alicyclic amines) is 1. The number of nitrogens with zero attached hydrogens (tertiary/aromatic N) is 3. The van der Waals surface area contributed by atoms with Gasteiger partial charge in [0.25, 0.3) is 0 Å². The standard InChI is InChI=1S/C26H39N5O6S/c1-26(2,3)37-25(34)31-20-10-7-18(16-20)22(31)24(33)28-21(23(27)32)15-17-5-8-19(9-6-17)29-11-13-30(14-12-29)38(4,35)36/h5-6,8-9,18,20-22H,7,10-16H2,1-4H3,(H2,27,32)(H,28,33)/t18-,20+,21-,22-/m0/s1. The molecule has 38 heavy (non-hydrogen) atoms. The number of carbonyl (C=O) groups is 3. The number of amides is 3. The second-order valence-corrected chi connectivity index (χ2v) is 13.5. The van der Waals surface area contributed by atoms with Gasteiger partial charge in [-0.25, -0.2) is 13.2 Å². The fourth-order valence-electron chi connectivity index (χ4n) is 5.74. The van der Waals surface area contributed by atoms with Crippen molar-refractivity contribution >= 4 is 33.6 Å².